The molecule has 0 amide bonds. The molecule has 0 heterocycles. The van der Waals surface area contributed by atoms with Crippen molar-refractivity contribution in [1.29, 1.82) is 0 Å². The maximum absolute atomic E-state index is 10.9. The fourth-order valence-electron chi connectivity index (χ4n) is 2.67. The highest BCUT2D eigenvalue weighted by atomic mass is 16.4. The van der Waals surface area contributed by atoms with Gasteiger partial charge >= 0.3 is 5.97 Å². The van der Waals surface area contributed by atoms with E-state index >= 15 is 0 Å². The summed E-state index contributed by atoms with van der Waals surface area (Å²) >= 11 is 0. The van der Waals surface area contributed by atoms with Gasteiger partial charge in [-0.25, -0.2) is 0 Å². The molecule has 1 unspecified atom stereocenters. The summed E-state index contributed by atoms with van der Waals surface area (Å²) in [6.45, 7) is 4.13. The highest BCUT2D eigenvalue weighted by Crippen LogP contribution is 2.29. The van der Waals surface area contributed by atoms with Gasteiger partial charge < -0.3 is 10.0 Å². The van der Waals surface area contributed by atoms with Crippen molar-refractivity contribution in [1.82, 2.24) is 9.80 Å². The molecule has 4 nitrogen and oxygen atoms in total. The lowest BCUT2D eigenvalue weighted by Gasteiger charge is -2.32. The van der Waals surface area contributed by atoms with Crippen LogP contribution in [-0.2, 0) is 4.79 Å². The second-order valence-electron chi connectivity index (χ2n) is 5.45. The van der Waals surface area contributed by atoms with E-state index < -0.39 is 5.97 Å². The van der Waals surface area contributed by atoms with Gasteiger partial charge in [0.1, 0.15) is 0 Å². The van der Waals surface area contributed by atoms with E-state index in [1.54, 1.807) is 0 Å². The first-order valence-corrected chi connectivity index (χ1v) is 6.61. The first-order chi connectivity index (χ1) is 8.00. The summed E-state index contributed by atoms with van der Waals surface area (Å²) in [7, 11) is 4.05. The van der Waals surface area contributed by atoms with E-state index in [9.17, 15) is 4.79 Å². The zero-order valence-electron chi connectivity index (χ0n) is 11.4. The summed E-state index contributed by atoms with van der Waals surface area (Å²) in [5, 5.41) is 8.99. The Hall–Kier alpha value is -0.610. The Kier molecular flexibility index (Phi) is 5.92. The number of hydrogen-bond donors (Lipinski definition) is 1. The molecule has 1 aliphatic rings. The number of likely N-dealkylation sites (N-methyl/N-ethyl adjacent to an activating group) is 1. The molecule has 1 fully saturated rings. The average Bonchev–Trinajstić information content (AvgIpc) is 2.75. The molecular weight excluding hydrogens is 216 g/mol. The van der Waals surface area contributed by atoms with Crippen LogP contribution in [-0.4, -0.2) is 60.6 Å². The third-order valence-electron chi connectivity index (χ3n) is 3.83. The lowest BCUT2D eigenvalue weighted by Crippen LogP contribution is -2.44. The molecule has 1 rings (SSSR count). The van der Waals surface area contributed by atoms with Crippen LogP contribution in [0.15, 0.2) is 0 Å². The third kappa shape index (κ3) is 5.04. The number of hydrogen-bond acceptors (Lipinski definition) is 3. The van der Waals surface area contributed by atoms with Crippen LogP contribution in [0.4, 0.5) is 0 Å². The molecule has 0 radical (unpaired) electrons. The average molecular weight is 242 g/mol. The monoisotopic (exact) mass is 242 g/mol. The molecule has 1 N–H and O–H groups in total. The van der Waals surface area contributed by atoms with Gasteiger partial charge in [-0.1, -0.05) is 12.8 Å². The lowest BCUT2D eigenvalue weighted by molar-refractivity contribution is -0.139. The predicted molar refractivity (Wildman–Crippen MR) is 69.2 cm³/mol. The van der Waals surface area contributed by atoms with Gasteiger partial charge in [-0.2, -0.15) is 0 Å². The molecule has 4 heteroatoms. The summed E-state index contributed by atoms with van der Waals surface area (Å²) < 4.78 is 0. The van der Waals surface area contributed by atoms with Gasteiger partial charge in [0.15, 0.2) is 0 Å². The Morgan fingerprint density at radius 1 is 1.29 bits per heavy atom. The number of carboxylic acids is 1. The topological polar surface area (TPSA) is 43.8 Å². The molecule has 17 heavy (non-hydrogen) atoms. The minimum absolute atomic E-state index is 0.172. The van der Waals surface area contributed by atoms with Crippen LogP contribution < -0.4 is 0 Å². The number of carboxylic acid groups (broad SMARTS) is 1. The van der Waals surface area contributed by atoms with E-state index in [2.05, 4.69) is 16.7 Å². The van der Waals surface area contributed by atoms with Crippen molar-refractivity contribution in [2.24, 2.45) is 5.92 Å². The lowest BCUT2D eigenvalue weighted by atomic mass is 9.98. The van der Waals surface area contributed by atoms with E-state index in [1.807, 2.05) is 14.1 Å². The molecule has 0 spiro atoms. The molecule has 0 saturated heterocycles. The minimum Gasteiger partial charge on any atom is -0.480 e. The fraction of sp³-hybridized carbons (Fsp3) is 0.923. The smallest absolute Gasteiger partial charge is 0.317 e. The summed E-state index contributed by atoms with van der Waals surface area (Å²) in [6.07, 6.45) is 5.14. The Morgan fingerprint density at radius 3 is 2.35 bits per heavy atom. The largest absolute Gasteiger partial charge is 0.480 e. The van der Waals surface area contributed by atoms with E-state index in [4.69, 9.17) is 5.11 Å². The van der Waals surface area contributed by atoms with E-state index in [0.29, 0.717) is 12.0 Å². The van der Waals surface area contributed by atoms with Crippen LogP contribution in [0.25, 0.3) is 0 Å². The number of nitrogens with zero attached hydrogens (tertiary/aromatic N) is 2. The van der Waals surface area contributed by atoms with E-state index in [-0.39, 0.29) is 6.54 Å². The predicted octanol–water partition coefficient (Wildman–Crippen LogP) is 1.51. The SMILES string of the molecule is CC(C1CCCC1)N(CCN(C)C)CC(=O)O. The van der Waals surface area contributed by atoms with Gasteiger partial charge in [0, 0.05) is 19.1 Å². The fourth-order valence-corrected chi connectivity index (χ4v) is 2.67. The maximum Gasteiger partial charge on any atom is 0.317 e. The van der Waals surface area contributed by atoms with Gasteiger partial charge in [-0.15, -0.1) is 0 Å². The first-order valence-electron chi connectivity index (χ1n) is 6.61. The van der Waals surface area contributed by atoms with E-state index in [0.717, 1.165) is 13.1 Å². The summed E-state index contributed by atoms with van der Waals surface area (Å²) in [4.78, 5) is 15.1. The second-order valence-corrected chi connectivity index (χ2v) is 5.45. The summed E-state index contributed by atoms with van der Waals surface area (Å²) in [5.41, 5.74) is 0. The van der Waals surface area contributed by atoms with Gasteiger partial charge in [0.2, 0.25) is 0 Å². The Bertz CT molecular complexity index is 238. The number of aliphatic carboxylic acids is 1. The van der Waals surface area contributed by atoms with Gasteiger partial charge in [0.25, 0.3) is 0 Å². The highest BCUT2D eigenvalue weighted by Gasteiger charge is 2.27. The third-order valence-corrected chi connectivity index (χ3v) is 3.83. The van der Waals surface area contributed by atoms with Crippen molar-refractivity contribution in [3.63, 3.8) is 0 Å². The Labute approximate surface area is 105 Å². The molecule has 1 atom stereocenters. The van der Waals surface area contributed by atoms with Crippen molar-refractivity contribution in [3.8, 4) is 0 Å². The number of rotatable bonds is 7. The molecule has 0 aliphatic heterocycles. The van der Waals surface area contributed by atoms with Crippen molar-refractivity contribution in [2.75, 3.05) is 33.7 Å². The first kappa shape index (κ1) is 14.5. The molecular formula is C13H26N2O2. The van der Waals surface area contributed by atoms with Crippen molar-refractivity contribution in [3.05, 3.63) is 0 Å². The van der Waals surface area contributed by atoms with E-state index in [1.165, 1.54) is 25.7 Å². The Balaban J connectivity index is 2.50. The highest BCUT2D eigenvalue weighted by molar-refractivity contribution is 5.69. The number of carbonyl (C=O) groups is 1. The summed E-state index contributed by atoms with van der Waals surface area (Å²) in [6, 6.07) is 0.397. The minimum atomic E-state index is -0.714. The standard InChI is InChI=1S/C13H26N2O2/c1-11(12-6-4-5-7-12)15(10-13(16)17)9-8-14(2)3/h11-12H,4-10H2,1-3H3,(H,16,17). The molecule has 0 bridgehead atoms. The van der Waals surface area contributed by atoms with Gasteiger partial charge in [-0.05, 0) is 39.8 Å². The molecule has 1 aliphatic carbocycles. The molecule has 0 aromatic rings. The van der Waals surface area contributed by atoms with Crippen LogP contribution in [0.2, 0.25) is 0 Å². The van der Waals surface area contributed by atoms with Crippen molar-refractivity contribution >= 4 is 5.97 Å². The van der Waals surface area contributed by atoms with Crippen LogP contribution in [0.1, 0.15) is 32.6 Å². The van der Waals surface area contributed by atoms with Crippen LogP contribution >= 0.6 is 0 Å². The van der Waals surface area contributed by atoms with Crippen LogP contribution in [0, 0.1) is 5.92 Å². The zero-order chi connectivity index (χ0) is 12.8. The van der Waals surface area contributed by atoms with Crippen molar-refractivity contribution < 1.29 is 9.90 Å². The molecule has 0 aromatic carbocycles. The summed E-state index contributed by atoms with van der Waals surface area (Å²) in [5.74, 6) is -0.0230. The zero-order valence-corrected chi connectivity index (χ0v) is 11.4. The molecule has 100 valence electrons. The maximum atomic E-state index is 10.9. The van der Waals surface area contributed by atoms with Crippen LogP contribution in [0.3, 0.4) is 0 Å². The second kappa shape index (κ2) is 6.97. The van der Waals surface area contributed by atoms with Crippen molar-refractivity contribution in [2.45, 2.75) is 38.6 Å². The molecule has 0 aromatic heterocycles. The van der Waals surface area contributed by atoms with Gasteiger partial charge in [0.05, 0.1) is 6.54 Å². The normalized spacial score (nSPS) is 19.1. The molecule has 1 saturated carbocycles. The quantitative estimate of drug-likeness (QED) is 0.735. The van der Waals surface area contributed by atoms with Gasteiger partial charge in [-0.3, -0.25) is 9.69 Å². The van der Waals surface area contributed by atoms with Crippen LogP contribution in [0.5, 0.6) is 0 Å². The Morgan fingerprint density at radius 2 is 1.88 bits per heavy atom.